The zero-order valence-electron chi connectivity index (χ0n) is 11.5. The van der Waals surface area contributed by atoms with Crippen molar-refractivity contribution < 1.29 is 9.53 Å². The van der Waals surface area contributed by atoms with Crippen molar-refractivity contribution in [3.05, 3.63) is 29.8 Å². The minimum Gasteiger partial charge on any atom is -0.389 e. The second-order valence-electron chi connectivity index (χ2n) is 4.87. The van der Waals surface area contributed by atoms with Crippen LogP contribution in [0.4, 0.5) is 5.69 Å². The number of thiocarbonyl (C=S) groups is 1. The van der Waals surface area contributed by atoms with Crippen LogP contribution in [0.5, 0.6) is 0 Å². The Morgan fingerprint density at radius 3 is 3.05 bits per heavy atom. The van der Waals surface area contributed by atoms with E-state index < -0.39 is 0 Å². The standard InChI is InChI=1S/C14H19N3O2S/c1-19-12-5-6-17(8-12)9-13(18)16-11-4-2-3-10(7-11)14(15)20/h2-4,7,12H,5-6,8-9H2,1H3,(H2,15,20)(H,16,18). The number of benzene rings is 1. The number of hydrogen-bond acceptors (Lipinski definition) is 4. The van der Waals surface area contributed by atoms with Gasteiger partial charge in [-0.05, 0) is 18.6 Å². The molecule has 1 aromatic rings. The Morgan fingerprint density at radius 1 is 1.60 bits per heavy atom. The summed E-state index contributed by atoms with van der Waals surface area (Å²) in [6.45, 7) is 2.06. The second kappa shape index (κ2) is 6.78. The number of likely N-dealkylation sites (tertiary alicyclic amines) is 1. The topological polar surface area (TPSA) is 67.6 Å². The molecule has 1 aromatic carbocycles. The van der Waals surface area contributed by atoms with E-state index in [4.69, 9.17) is 22.7 Å². The number of nitrogens with zero attached hydrogens (tertiary/aromatic N) is 1. The first kappa shape index (κ1) is 14.9. The molecule has 108 valence electrons. The van der Waals surface area contributed by atoms with E-state index in [1.54, 1.807) is 13.2 Å². The van der Waals surface area contributed by atoms with Crippen LogP contribution in [0.2, 0.25) is 0 Å². The third-order valence-corrected chi connectivity index (χ3v) is 3.60. The Bertz CT molecular complexity index is 507. The van der Waals surface area contributed by atoms with E-state index in [9.17, 15) is 4.79 Å². The van der Waals surface area contributed by atoms with Crippen LogP contribution in [0.25, 0.3) is 0 Å². The lowest BCUT2D eigenvalue weighted by Crippen LogP contribution is -2.32. The Morgan fingerprint density at radius 2 is 2.40 bits per heavy atom. The number of rotatable bonds is 5. The van der Waals surface area contributed by atoms with E-state index in [1.165, 1.54) is 0 Å². The molecule has 1 heterocycles. The number of amides is 1. The fourth-order valence-electron chi connectivity index (χ4n) is 2.29. The molecule has 6 heteroatoms. The fraction of sp³-hybridized carbons (Fsp3) is 0.429. The van der Waals surface area contributed by atoms with Crippen molar-refractivity contribution in [2.45, 2.75) is 12.5 Å². The summed E-state index contributed by atoms with van der Waals surface area (Å²) in [7, 11) is 1.70. The lowest BCUT2D eigenvalue weighted by Gasteiger charge is -2.15. The van der Waals surface area contributed by atoms with Gasteiger partial charge in [-0.2, -0.15) is 0 Å². The fourth-order valence-corrected chi connectivity index (χ4v) is 2.41. The van der Waals surface area contributed by atoms with Crippen molar-refractivity contribution in [2.24, 2.45) is 5.73 Å². The van der Waals surface area contributed by atoms with Crippen molar-refractivity contribution in [3.63, 3.8) is 0 Å². The number of nitrogens with two attached hydrogens (primary N) is 1. The van der Waals surface area contributed by atoms with E-state index in [0.717, 1.165) is 25.1 Å². The molecule has 3 N–H and O–H groups in total. The van der Waals surface area contributed by atoms with Crippen molar-refractivity contribution in [2.75, 3.05) is 32.1 Å². The molecular weight excluding hydrogens is 274 g/mol. The molecule has 0 bridgehead atoms. The van der Waals surface area contributed by atoms with Gasteiger partial charge in [0, 0.05) is 31.5 Å². The maximum atomic E-state index is 12.0. The van der Waals surface area contributed by atoms with Crippen LogP contribution in [0.1, 0.15) is 12.0 Å². The normalized spacial score (nSPS) is 18.9. The molecule has 1 unspecified atom stereocenters. The molecule has 1 fully saturated rings. The predicted octanol–water partition coefficient (Wildman–Crippen LogP) is 0.980. The number of carbonyl (C=O) groups is 1. The number of carbonyl (C=O) groups excluding carboxylic acids is 1. The zero-order chi connectivity index (χ0) is 14.5. The maximum Gasteiger partial charge on any atom is 0.238 e. The summed E-state index contributed by atoms with van der Waals surface area (Å²) in [5, 5.41) is 2.86. The summed E-state index contributed by atoms with van der Waals surface area (Å²) in [5.74, 6) is -0.0400. The first-order valence-electron chi connectivity index (χ1n) is 6.53. The lowest BCUT2D eigenvalue weighted by molar-refractivity contribution is -0.117. The van der Waals surface area contributed by atoms with Gasteiger partial charge in [-0.3, -0.25) is 9.69 Å². The Labute approximate surface area is 124 Å². The first-order valence-corrected chi connectivity index (χ1v) is 6.94. The summed E-state index contributed by atoms with van der Waals surface area (Å²) >= 11 is 4.92. The van der Waals surface area contributed by atoms with Crippen molar-refractivity contribution in [3.8, 4) is 0 Å². The van der Waals surface area contributed by atoms with Crippen molar-refractivity contribution in [1.29, 1.82) is 0 Å². The number of hydrogen-bond donors (Lipinski definition) is 2. The van der Waals surface area contributed by atoms with Crippen molar-refractivity contribution >= 4 is 28.8 Å². The summed E-state index contributed by atoms with van der Waals surface area (Å²) in [5.41, 5.74) is 7.03. The molecule has 0 radical (unpaired) electrons. The highest BCUT2D eigenvalue weighted by Gasteiger charge is 2.23. The zero-order valence-corrected chi connectivity index (χ0v) is 12.3. The highest BCUT2D eigenvalue weighted by Crippen LogP contribution is 2.13. The van der Waals surface area contributed by atoms with Gasteiger partial charge in [0.15, 0.2) is 0 Å². The molecule has 2 rings (SSSR count). The number of methoxy groups -OCH3 is 1. The third-order valence-electron chi connectivity index (χ3n) is 3.36. The smallest absolute Gasteiger partial charge is 0.238 e. The van der Waals surface area contributed by atoms with Crippen LogP contribution in [0.15, 0.2) is 24.3 Å². The Kier molecular flexibility index (Phi) is 5.05. The van der Waals surface area contributed by atoms with Crippen LogP contribution in [-0.4, -0.2) is 48.6 Å². The summed E-state index contributed by atoms with van der Waals surface area (Å²) in [6.07, 6.45) is 1.21. The van der Waals surface area contributed by atoms with Gasteiger partial charge in [-0.15, -0.1) is 0 Å². The minimum absolute atomic E-state index is 0.0400. The number of ether oxygens (including phenoxy) is 1. The van der Waals surface area contributed by atoms with Gasteiger partial charge < -0.3 is 15.8 Å². The molecule has 20 heavy (non-hydrogen) atoms. The second-order valence-corrected chi connectivity index (χ2v) is 5.31. The van der Waals surface area contributed by atoms with Gasteiger partial charge in [-0.25, -0.2) is 0 Å². The van der Waals surface area contributed by atoms with Crippen LogP contribution >= 0.6 is 12.2 Å². The predicted molar refractivity (Wildman–Crippen MR) is 82.8 cm³/mol. The Balaban J connectivity index is 1.88. The van der Waals surface area contributed by atoms with Crippen LogP contribution in [0.3, 0.4) is 0 Å². The monoisotopic (exact) mass is 293 g/mol. The van der Waals surface area contributed by atoms with E-state index in [0.29, 0.717) is 17.2 Å². The molecular formula is C14H19N3O2S. The largest absolute Gasteiger partial charge is 0.389 e. The van der Waals surface area contributed by atoms with Crippen LogP contribution in [0, 0.1) is 0 Å². The third kappa shape index (κ3) is 4.00. The molecule has 1 atom stereocenters. The summed E-state index contributed by atoms with van der Waals surface area (Å²) in [6, 6.07) is 7.24. The van der Waals surface area contributed by atoms with Gasteiger partial charge in [-0.1, -0.05) is 24.4 Å². The Hall–Kier alpha value is -1.50. The maximum absolute atomic E-state index is 12.0. The molecule has 0 aromatic heterocycles. The molecule has 1 aliphatic heterocycles. The van der Waals surface area contributed by atoms with Crippen molar-refractivity contribution in [1.82, 2.24) is 4.90 Å². The van der Waals surface area contributed by atoms with Gasteiger partial charge in [0.2, 0.25) is 5.91 Å². The number of anilines is 1. The van der Waals surface area contributed by atoms with E-state index in [2.05, 4.69) is 10.2 Å². The average molecular weight is 293 g/mol. The minimum atomic E-state index is -0.0400. The average Bonchev–Trinajstić information content (AvgIpc) is 2.86. The highest BCUT2D eigenvalue weighted by molar-refractivity contribution is 7.80. The first-order chi connectivity index (χ1) is 9.58. The van der Waals surface area contributed by atoms with Gasteiger partial charge in [0.1, 0.15) is 4.99 Å². The molecule has 1 saturated heterocycles. The molecule has 0 aliphatic carbocycles. The quantitative estimate of drug-likeness (QED) is 0.792. The molecule has 0 spiro atoms. The van der Waals surface area contributed by atoms with Crippen LogP contribution in [-0.2, 0) is 9.53 Å². The number of nitrogens with one attached hydrogen (secondary N) is 1. The van der Waals surface area contributed by atoms with Crippen LogP contribution < -0.4 is 11.1 Å². The molecule has 0 saturated carbocycles. The summed E-state index contributed by atoms with van der Waals surface area (Å²) < 4.78 is 5.28. The van der Waals surface area contributed by atoms with Gasteiger partial charge in [0.05, 0.1) is 12.6 Å². The molecule has 1 aliphatic rings. The lowest BCUT2D eigenvalue weighted by atomic mass is 10.2. The molecule has 1 amide bonds. The highest BCUT2D eigenvalue weighted by atomic mass is 32.1. The van der Waals surface area contributed by atoms with E-state index in [1.807, 2.05) is 18.2 Å². The van der Waals surface area contributed by atoms with E-state index >= 15 is 0 Å². The van der Waals surface area contributed by atoms with Gasteiger partial charge in [0.25, 0.3) is 0 Å². The summed E-state index contributed by atoms with van der Waals surface area (Å²) in [4.78, 5) is 14.4. The molecule has 5 nitrogen and oxygen atoms in total. The van der Waals surface area contributed by atoms with Gasteiger partial charge >= 0.3 is 0 Å². The van der Waals surface area contributed by atoms with E-state index in [-0.39, 0.29) is 12.0 Å². The SMILES string of the molecule is COC1CCN(CC(=O)Nc2cccc(C(N)=S)c2)C1.